The van der Waals surface area contributed by atoms with Crippen LogP contribution in [-0.2, 0) is 10.0 Å². The Labute approximate surface area is 167 Å². The number of rotatable bonds is 4. The molecule has 1 saturated heterocycles. The zero-order chi connectivity index (χ0) is 20.4. The van der Waals surface area contributed by atoms with Crippen molar-refractivity contribution >= 4 is 32.8 Å². The van der Waals surface area contributed by atoms with Gasteiger partial charge >= 0.3 is 5.91 Å². The molecule has 2 amide bonds. The highest BCUT2D eigenvalue weighted by Crippen LogP contribution is 2.21. The van der Waals surface area contributed by atoms with Gasteiger partial charge in [-0.3, -0.25) is 20.4 Å². The van der Waals surface area contributed by atoms with Crippen LogP contribution < -0.4 is 10.9 Å². The van der Waals surface area contributed by atoms with Crippen LogP contribution >= 0.6 is 0 Å². The van der Waals surface area contributed by atoms with E-state index in [0.717, 1.165) is 18.2 Å². The molecule has 2 heterocycles. The van der Waals surface area contributed by atoms with Crippen LogP contribution in [0.3, 0.4) is 0 Å². The number of nitrogens with one attached hydrogen (secondary N) is 2. The number of furan rings is 1. The van der Waals surface area contributed by atoms with Crippen molar-refractivity contribution in [2.45, 2.75) is 17.7 Å². The van der Waals surface area contributed by atoms with Crippen LogP contribution in [-0.4, -0.2) is 37.6 Å². The third-order valence-corrected chi connectivity index (χ3v) is 6.67. The first-order chi connectivity index (χ1) is 13.9. The van der Waals surface area contributed by atoms with E-state index < -0.39 is 21.8 Å². The molecule has 29 heavy (non-hydrogen) atoms. The molecule has 8 nitrogen and oxygen atoms in total. The number of hydrogen-bond donors (Lipinski definition) is 2. The molecule has 0 spiro atoms. The SMILES string of the molecule is O=C(NNC(=O)c1cc2ccccc2o1)c1ccc(S(=O)(=O)N2CCCC2)cc1. The Hall–Kier alpha value is -3.17. The molecular formula is C20H19N3O5S. The summed E-state index contributed by atoms with van der Waals surface area (Å²) in [5, 5.41) is 0.777. The molecule has 0 atom stereocenters. The molecule has 150 valence electrons. The van der Waals surface area contributed by atoms with Gasteiger partial charge in [-0.25, -0.2) is 8.42 Å². The molecule has 1 fully saturated rings. The number of amides is 2. The first kappa shape index (κ1) is 19.2. The van der Waals surface area contributed by atoms with Crippen LogP contribution in [0.2, 0.25) is 0 Å². The summed E-state index contributed by atoms with van der Waals surface area (Å²) in [6.45, 7) is 1.02. The van der Waals surface area contributed by atoms with Crippen molar-refractivity contribution in [2.24, 2.45) is 0 Å². The molecule has 2 aromatic carbocycles. The molecule has 1 aliphatic heterocycles. The van der Waals surface area contributed by atoms with Gasteiger partial charge in [0.05, 0.1) is 4.90 Å². The van der Waals surface area contributed by atoms with Crippen LogP contribution in [0.4, 0.5) is 0 Å². The summed E-state index contributed by atoms with van der Waals surface area (Å²) in [5.74, 6) is -1.10. The normalized spacial score (nSPS) is 14.8. The molecule has 2 N–H and O–H groups in total. The van der Waals surface area contributed by atoms with E-state index in [2.05, 4.69) is 10.9 Å². The Bertz CT molecular complexity index is 1130. The molecule has 1 aromatic heterocycles. The van der Waals surface area contributed by atoms with E-state index >= 15 is 0 Å². The van der Waals surface area contributed by atoms with E-state index in [0.29, 0.717) is 18.7 Å². The summed E-state index contributed by atoms with van der Waals surface area (Å²) >= 11 is 0. The van der Waals surface area contributed by atoms with Crippen LogP contribution in [0.5, 0.6) is 0 Å². The Morgan fingerprint density at radius 3 is 2.24 bits per heavy atom. The van der Waals surface area contributed by atoms with Crippen LogP contribution in [0.25, 0.3) is 11.0 Å². The number of carbonyl (C=O) groups excluding carboxylic acids is 2. The molecule has 1 aliphatic rings. The molecule has 0 unspecified atom stereocenters. The van der Waals surface area contributed by atoms with Crippen LogP contribution in [0.15, 0.2) is 63.9 Å². The summed E-state index contributed by atoms with van der Waals surface area (Å²) < 4.78 is 31.9. The first-order valence-corrected chi connectivity index (χ1v) is 10.6. The topological polar surface area (TPSA) is 109 Å². The summed E-state index contributed by atoms with van der Waals surface area (Å²) in [4.78, 5) is 24.6. The highest BCUT2D eigenvalue weighted by Gasteiger charge is 2.27. The number of nitrogens with zero attached hydrogens (tertiary/aromatic N) is 1. The monoisotopic (exact) mass is 413 g/mol. The average molecular weight is 413 g/mol. The largest absolute Gasteiger partial charge is 0.451 e. The van der Waals surface area contributed by atoms with E-state index in [4.69, 9.17) is 4.42 Å². The molecule has 9 heteroatoms. The Morgan fingerprint density at radius 2 is 1.55 bits per heavy atom. The summed E-state index contributed by atoms with van der Waals surface area (Å²) in [7, 11) is -3.54. The second-order valence-electron chi connectivity index (χ2n) is 6.69. The lowest BCUT2D eigenvalue weighted by molar-refractivity contribution is 0.0832. The summed E-state index contributed by atoms with van der Waals surface area (Å²) in [6, 6.07) is 14.4. The van der Waals surface area contributed by atoms with Gasteiger partial charge in [-0.15, -0.1) is 0 Å². The molecular weight excluding hydrogens is 394 g/mol. The van der Waals surface area contributed by atoms with E-state index in [1.165, 1.54) is 28.6 Å². The fraction of sp³-hybridized carbons (Fsp3) is 0.200. The average Bonchev–Trinajstić information content (AvgIpc) is 3.42. The van der Waals surface area contributed by atoms with Crippen molar-refractivity contribution in [3.05, 3.63) is 65.9 Å². The quantitative estimate of drug-likeness (QED) is 0.638. The minimum Gasteiger partial charge on any atom is -0.451 e. The number of hydrogen-bond acceptors (Lipinski definition) is 5. The number of fused-ring (bicyclic) bond motifs is 1. The second kappa shape index (κ2) is 7.69. The number of sulfonamides is 1. The third-order valence-electron chi connectivity index (χ3n) is 4.76. The maximum atomic E-state index is 12.5. The number of hydrazine groups is 1. The van der Waals surface area contributed by atoms with Crippen molar-refractivity contribution in [3.8, 4) is 0 Å². The van der Waals surface area contributed by atoms with Gasteiger partial charge in [0.2, 0.25) is 10.0 Å². The highest BCUT2D eigenvalue weighted by atomic mass is 32.2. The molecule has 0 aliphatic carbocycles. The van der Waals surface area contributed by atoms with Gasteiger partial charge in [0.15, 0.2) is 5.76 Å². The Balaban J connectivity index is 1.40. The fourth-order valence-corrected chi connectivity index (χ4v) is 4.71. The summed E-state index contributed by atoms with van der Waals surface area (Å²) in [6.07, 6.45) is 1.70. The zero-order valence-corrected chi connectivity index (χ0v) is 16.2. The third kappa shape index (κ3) is 3.87. The van der Waals surface area contributed by atoms with Crippen molar-refractivity contribution in [1.29, 1.82) is 0 Å². The van der Waals surface area contributed by atoms with Crippen molar-refractivity contribution in [1.82, 2.24) is 15.2 Å². The van der Waals surface area contributed by atoms with Crippen molar-refractivity contribution in [3.63, 3.8) is 0 Å². The van der Waals surface area contributed by atoms with E-state index in [9.17, 15) is 18.0 Å². The van der Waals surface area contributed by atoms with Gasteiger partial charge in [-0.05, 0) is 49.2 Å². The number of para-hydroxylation sites is 1. The predicted molar refractivity (Wildman–Crippen MR) is 106 cm³/mol. The standard InChI is InChI=1S/C20H19N3O5S/c24-19(21-22-20(25)18-13-15-5-1-2-6-17(15)28-18)14-7-9-16(10-8-14)29(26,27)23-11-3-4-12-23/h1-2,5-10,13H,3-4,11-12H2,(H,21,24)(H,22,25). The fourth-order valence-electron chi connectivity index (χ4n) is 3.20. The van der Waals surface area contributed by atoms with Gasteiger partial charge < -0.3 is 4.42 Å². The molecule has 0 bridgehead atoms. The Kier molecular flexibility index (Phi) is 5.08. The number of carbonyl (C=O) groups is 2. The highest BCUT2D eigenvalue weighted by molar-refractivity contribution is 7.89. The number of benzene rings is 2. The van der Waals surface area contributed by atoms with Crippen LogP contribution in [0, 0.1) is 0 Å². The second-order valence-corrected chi connectivity index (χ2v) is 8.63. The van der Waals surface area contributed by atoms with E-state index in [-0.39, 0.29) is 16.2 Å². The molecule has 0 saturated carbocycles. The first-order valence-electron chi connectivity index (χ1n) is 9.15. The molecule has 4 rings (SSSR count). The van der Waals surface area contributed by atoms with E-state index in [1.54, 1.807) is 18.2 Å². The minimum absolute atomic E-state index is 0.0681. The van der Waals surface area contributed by atoms with Gasteiger partial charge in [0.25, 0.3) is 5.91 Å². The van der Waals surface area contributed by atoms with Gasteiger partial charge in [-0.2, -0.15) is 4.31 Å². The van der Waals surface area contributed by atoms with Gasteiger partial charge in [0, 0.05) is 24.0 Å². The van der Waals surface area contributed by atoms with Gasteiger partial charge in [-0.1, -0.05) is 18.2 Å². The smallest absolute Gasteiger partial charge is 0.305 e. The molecule has 0 radical (unpaired) electrons. The van der Waals surface area contributed by atoms with Crippen molar-refractivity contribution in [2.75, 3.05) is 13.1 Å². The van der Waals surface area contributed by atoms with E-state index in [1.807, 2.05) is 12.1 Å². The maximum Gasteiger partial charge on any atom is 0.305 e. The predicted octanol–water partition coefficient (Wildman–Crippen LogP) is 2.29. The summed E-state index contributed by atoms with van der Waals surface area (Å²) in [5.41, 5.74) is 5.37. The van der Waals surface area contributed by atoms with Crippen LogP contribution in [0.1, 0.15) is 33.8 Å². The lowest BCUT2D eigenvalue weighted by Gasteiger charge is -2.15. The molecule has 3 aromatic rings. The zero-order valence-electron chi connectivity index (χ0n) is 15.4. The van der Waals surface area contributed by atoms with Crippen molar-refractivity contribution < 1.29 is 22.4 Å². The maximum absolute atomic E-state index is 12.5. The Morgan fingerprint density at radius 1 is 0.897 bits per heavy atom. The van der Waals surface area contributed by atoms with Gasteiger partial charge in [0.1, 0.15) is 5.58 Å². The lowest BCUT2D eigenvalue weighted by Crippen LogP contribution is -2.41. The lowest BCUT2D eigenvalue weighted by atomic mass is 10.2. The minimum atomic E-state index is -3.54.